The molecule has 122 valence electrons. The lowest BCUT2D eigenvalue weighted by Crippen LogP contribution is -2.15. The number of benzene rings is 1. The van der Waals surface area contributed by atoms with Crippen LogP contribution in [-0.2, 0) is 0 Å². The first-order valence-electron chi connectivity index (χ1n) is 6.92. The fourth-order valence-electron chi connectivity index (χ4n) is 2.12. The van der Waals surface area contributed by atoms with Gasteiger partial charge in [-0.3, -0.25) is 4.79 Å². The number of carbonyl (C=O) groups excluding carboxylic acids is 1. The molecule has 23 heavy (non-hydrogen) atoms. The average Bonchev–Trinajstić information content (AvgIpc) is 2.56. The number of aryl methyl sites for hydroxylation is 2. The maximum atomic E-state index is 12.4. The number of aromatic nitrogens is 2. The summed E-state index contributed by atoms with van der Waals surface area (Å²) in [4.78, 5) is 20.8. The SMILES string of the molecule is COc1nc(C)c(NC(=O)c2ccc(OC)c(OC)c2)c(C)n1. The van der Waals surface area contributed by atoms with E-state index in [4.69, 9.17) is 14.2 Å². The molecule has 0 fully saturated rings. The van der Waals surface area contributed by atoms with E-state index in [0.717, 1.165) is 0 Å². The molecule has 7 nitrogen and oxygen atoms in total. The van der Waals surface area contributed by atoms with Gasteiger partial charge in [-0.2, -0.15) is 9.97 Å². The maximum Gasteiger partial charge on any atom is 0.316 e. The summed E-state index contributed by atoms with van der Waals surface area (Å²) in [6.07, 6.45) is 0. The van der Waals surface area contributed by atoms with Crippen LogP contribution in [0, 0.1) is 13.8 Å². The molecule has 0 spiro atoms. The van der Waals surface area contributed by atoms with Crippen LogP contribution in [0.4, 0.5) is 5.69 Å². The number of nitrogens with zero attached hydrogens (tertiary/aromatic N) is 2. The minimum Gasteiger partial charge on any atom is -0.493 e. The van der Waals surface area contributed by atoms with E-state index in [1.807, 2.05) is 0 Å². The summed E-state index contributed by atoms with van der Waals surface area (Å²) < 4.78 is 15.4. The van der Waals surface area contributed by atoms with Gasteiger partial charge in [0.05, 0.1) is 38.4 Å². The fraction of sp³-hybridized carbons (Fsp3) is 0.312. The molecular weight excluding hydrogens is 298 g/mol. The van der Waals surface area contributed by atoms with E-state index in [0.29, 0.717) is 34.1 Å². The summed E-state index contributed by atoms with van der Waals surface area (Å²) in [5, 5.41) is 2.82. The first kappa shape index (κ1) is 16.5. The molecule has 0 unspecified atom stereocenters. The van der Waals surface area contributed by atoms with E-state index in [-0.39, 0.29) is 11.9 Å². The smallest absolute Gasteiger partial charge is 0.316 e. The Morgan fingerprint density at radius 3 is 2.09 bits per heavy atom. The second kappa shape index (κ2) is 6.95. The predicted octanol–water partition coefficient (Wildman–Crippen LogP) is 2.37. The van der Waals surface area contributed by atoms with Crippen molar-refractivity contribution in [1.82, 2.24) is 9.97 Å². The van der Waals surface area contributed by atoms with Crippen molar-refractivity contribution in [1.29, 1.82) is 0 Å². The molecule has 0 aliphatic heterocycles. The topological polar surface area (TPSA) is 82.6 Å². The van der Waals surface area contributed by atoms with Crippen LogP contribution in [-0.4, -0.2) is 37.2 Å². The van der Waals surface area contributed by atoms with Crippen LogP contribution in [0.25, 0.3) is 0 Å². The summed E-state index contributed by atoms with van der Waals surface area (Å²) in [6, 6.07) is 5.22. The van der Waals surface area contributed by atoms with Crippen LogP contribution >= 0.6 is 0 Å². The zero-order chi connectivity index (χ0) is 17.0. The highest BCUT2D eigenvalue weighted by molar-refractivity contribution is 6.05. The number of nitrogens with one attached hydrogen (secondary N) is 1. The molecule has 7 heteroatoms. The number of carbonyl (C=O) groups is 1. The van der Waals surface area contributed by atoms with Gasteiger partial charge in [0.2, 0.25) is 0 Å². The Bertz CT molecular complexity index is 708. The van der Waals surface area contributed by atoms with E-state index < -0.39 is 0 Å². The highest BCUT2D eigenvalue weighted by Gasteiger charge is 2.15. The molecule has 0 aliphatic carbocycles. The average molecular weight is 317 g/mol. The third-order valence-corrected chi connectivity index (χ3v) is 3.32. The highest BCUT2D eigenvalue weighted by Crippen LogP contribution is 2.28. The van der Waals surface area contributed by atoms with Crippen molar-refractivity contribution in [3.63, 3.8) is 0 Å². The summed E-state index contributed by atoms with van der Waals surface area (Å²) in [6.45, 7) is 3.56. The van der Waals surface area contributed by atoms with Gasteiger partial charge in [0.25, 0.3) is 5.91 Å². The normalized spacial score (nSPS) is 10.1. The molecule has 0 bridgehead atoms. The Morgan fingerprint density at radius 1 is 0.957 bits per heavy atom. The van der Waals surface area contributed by atoms with Crippen molar-refractivity contribution in [2.45, 2.75) is 13.8 Å². The van der Waals surface area contributed by atoms with Crippen molar-refractivity contribution in [3.8, 4) is 17.5 Å². The van der Waals surface area contributed by atoms with Crippen LogP contribution in [0.3, 0.4) is 0 Å². The van der Waals surface area contributed by atoms with Crippen molar-refractivity contribution in [2.75, 3.05) is 26.6 Å². The summed E-state index contributed by atoms with van der Waals surface area (Å²) >= 11 is 0. The van der Waals surface area contributed by atoms with Crippen molar-refractivity contribution in [3.05, 3.63) is 35.2 Å². The molecule has 2 aromatic rings. The summed E-state index contributed by atoms with van der Waals surface area (Å²) in [5.74, 6) is 0.759. The Morgan fingerprint density at radius 2 is 1.57 bits per heavy atom. The predicted molar refractivity (Wildman–Crippen MR) is 85.6 cm³/mol. The standard InChI is InChI=1S/C16H19N3O4/c1-9-14(10(2)18-16(17-9)23-5)19-15(20)11-6-7-12(21-3)13(8-11)22-4/h6-8H,1-5H3,(H,19,20). The number of amides is 1. The van der Waals surface area contributed by atoms with Crippen molar-refractivity contribution < 1.29 is 19.0 Å². The van der Waals surface area contributed by atoms with Gasteiger partial charge in [0.15, 0.2) is 11.5 Å². The van der Waals surface area contributed by atoms with Gasteiger partial charge in [-0.25, -0.2) is 0 Å². The molecule has 0 radical (unpaired) electrons. The van der Waals surface area contributed by atoms with Crippen LogP contribution in [0.15, 0.2) is 18.2 Å². The zero-order valence-corrected chi connectivity index (χ0v) is 13.8. The van der Waals surface area contributed by atoms with Crippen LogP contribution < -0.4 is 19.5 Å². The molecule has 1 amide bonds. The number of methoxy groups -OCH3 is 3. The van der Waals surface area contributed by atoms with E-state index in [2.05, 4.69) is 15.3 Å². The van der Waals surface area contributed by atoms with E-state index >= 15 is 0 Å². The number of hydrogen-bond donors (Lipinski definition) is 1. The molecular formula is C16H19N3O4. The molecule has 0 saturated carbocycles. The fourth-order valence-corrected chi connectivity index (χ4v) is 2.12. The molecule has 0 saturated heterocycles. The van der Waals surface area contributed by atoms with Gasteiger partial charge in [-0.15, -0.1) is 0 Å². The van der Waals surface area contributed by atoms with Crippen molar-refractivity contribution in [2.24, 2.45) is 0 Å². The third-order valence-electron chi connectivity index (χ3n) is 3.32. The minimum absolute atomic E-state index is 0.268. The molecule has 1 aromatic heterocycles. The quantitative estimate of drug-likeness (QED) is 0.911. The molecule has 0 atom stereocenters. The largest absolute Gasteiger partial charge is 0.493 e. The van der Waals surface area contributed by atoms with Crippen molar-refractivity contribution >= 4 is 11.6 Å². The van der Waals surface area contributed by atoms with Gasteiger partial charge in [-0.05, 0) is 32.0 Å². The number of anilines is 1. The van der Waals surface area contributed by atoms with E-state index in [1.54, 1.807) is 39.2 Å². The van der Waals surface area contributed by atoms with Gasteiger partial charge in [0.1, 0.15) is 0 Å². The van der Waals surface area contributed by atoms with Crippen LogP contribution in [0.1, 0.15) is 21.7 Å². The number of rotatable bonds is 5. The first-order valence-corrected chi connectivity index (χ1v) is 6.92. The first-order chi connectivity index (χ1) is 11.0. The maximum absolute atomic E-state index is 12.4. The second-order valence-electron chi connectivity index (χ2n) is 4.78. The molecule has 1 heterocycles. The molecule has 1 aromatic carbocycles. The lowest BCUT2D eigenvalue weighted by Gasteiger charge is -2.13. The lowest BCUT2D eigenvalue weighted by molar-refractivity contribution is 0.102. The summed E-state index contributed by atoms with van der Waals surface area (Å²) in [5.41, 5.74) is 2.26. The van der Waals surface area contributed by atoms with Crippen LogP contribution in [0.2, 0.25) is 0 Å². The Labute approximate surface area is 134 Å². The Balaban J connectivity index is 2.29. The second-order valence-corrected chi connectivity index (χ2v) is 4.78. The van der Waals surface area contributed by atoms with Gasteiger partial charge in [-0.1, -0.05) is 0 Å². The third kappa shape index (κ3) is 3.50. The minimum atomic E-state index is -0.286. The highest BCUT2D eigenvalue weighted by atomic mass is 16.5. The zero-order valence-electron chi connectivity index (χ0n) is 13.8. The van der Waals surface area contributed by atoms with E-state index in [9.17, 15) is 4.79 Å². The monoisotopic (exact) mass is 317 g/mol. The molecule has 0 aliphatic rings. The molecule has 2 rings (SSSR count). The van der Waals surface area contributed by atoms with Gasteiger partial charge >= 0.3 is 6.01 Å². The summed E-state index contributed by atoms with van der Waals surface area (Å²) in [7, 11) is 4.56. The Kier molecular flexibility index (Phi) is 5.00. The van der Waals surface area contributed by atoms with E-state index in [1.165, 1.54) is 14.2 Å². The number of hydrogen-bond acceptors (Lipinski definition) is 6. The van der Waals surface area contributed by atoms with Gasteiger partial charge < -0.3 is 19.5 Å². The number of ether oxygens (including phenoxy) is 3. The lowest BCUT2D eigenvalue weighted by atomic mass is 10.1. The molecule has 1 N–H and O–H groups in total. The van der Waals surface area contributed by atoms with Gasteiger partial charge in [0, 0.05) is 5.56 Å². The Hall–Kier alpha value is -2.83. The van der Waals surface area contributed by atoms with Crippen LogP contribution in [0.5, 0.6) is 17.5 Å².